The lowest BCUT2D eigenvalue weighted by molar-refractivity contribution is 0.0649. The van der Waals surface area contributed by atoms with Crippen molar-refractivity contribution in [2.45, 2.75) is 13.0 Å². The van der Waals surface area contributed by atoms with Crippen molar-refractivity contribution in [2.24, 2.45) is 0 Å². The summed E-state index contributed by atoms with van der Waals surface area (Å²) in [6.07, 6.45) is 2.78. The summed E-state index contributed by atoms with van der Waals surface area (Å²) in [5.41, 5.74) is 0.283. The summed E-state index contributed by atoms with van der Waals surface area (Å²) in [5.74, 6) is -0.124. The van der Waals surface area contributed by atoms with E-state index in [9.17, 15) is 4.79 Å². The van der Waals surface area contributed by atoms with Crippen LogP contribution in [0, 0.1) is 0 Å². The number of aromatic nitrogens is 2. The van der Waals surface area contributed by atoms with Gasteiger partial charge in [-0.1, -0.05) is 11.6 Å². The van der Waals surface area contributed by atoms with Crippen LogP contribution in [0.2, 0.25) is 5.02 Å². The van der Waals surface area contributed by atoms with Crippen LogP contribution < -0.4 is 5.32 Å². The van der Waals surface area contributed by atoms with Crippen molar-refractivity contribution in [2.75, 3.05) is 19.6 Å². The van der Waals surface area contributed by atoms with Gasteiger partial charge in [0, 0.05) is 31.9 Å². The Bertz CT molecular complexity index is 402. The van der Waals surface area contributed by atoms with Crippen molar-refractivity contribution in [3.8, 4) is 0 Å². The Hall–Kier alpha value is -0.910. The molecule has 1 aliphatic heterocycles. The molecule has 17 heavy (non-hydrogen) atoms. The quantitative estimate of drug-likeness (QED) is 0.831. The van der Waals surface area contributed by atoms with Gasteiger partial charge in [-0.25, -0.2) is 9.97 Å². The fourth-order valence-corrected chi connectivity index (χ4v) is 1.93. The zero-order chi connectivity index (χ0) is 11.5. The number of nitrogens with zero attached hydrogens (tertiary/aromatic N) is 3. The van der Waals surface area contributed by atoms with Crippen LogP contribution in [-0.2, 0) is 0 Å². The third kappa shape index (κ3) is 3.06. The van der Waals surface area contributed by atoms with Gasteiger partial charge in [-0.2, -0.15) is 0 Å². The van der Waals surface area contributed by atoms with Crippen LogP contribution in [0.3, 0.4) is 0 Å². The molecule has 1 amide bonds. The second-order valence-electron chi connectivity index (χ2n) is 3.77. The van der Waals surface area contributed by atoms with Crippen molar-refractivity contribution in [3.05, 3.63) is 23.2 Å². The van der Waals surface area contributed by atoms with E-state index in [1.165, 1.54) is 12.5 Å². The summed E-state index contributed by atoms with van der Waals surface area (Å²) in [7, 11) is 0. The molecule has 0 radical (unpaired) electrons. The Kier molecular flexibility index (Phi) is 5.11. The van der Waals surface area contributed by atoms with Gasteiger partial charge >= 0.3 is 0 Å². The molecular formula is C10H14Cl2N4O. The fourth-order valence-electron chi connectivity index (χ4n) is 1.75. The van der Waals surface area contributed by atoms with E-state index in [1.807, 2.05) is 6.92 Å². The number of hydrogen-bond acceptors (Lipinski definition) is 4. The van der Waals surface area contributed by atoms with Crippen molar-refractivity contribution in [1.82, 2.24) is 20.2 Å². The van der Waals surface area contributed by atoms with Crippen molar-refractivity contribution in [1.29, 1.82) is 0 Å². The highest BCUT2D eigenvalue weighted by Gasteiger charge is 2.26. The summed E-state index contributed by atoms with van der Waals surface area (Å²) in [4.78, 5) is 21.6. The minimum atomic E-state index is -0.124. The van der Waals surface area contributed by atoms with Crippen molar-refractivity contribution < 1.29 is 4.79 Å². The number of halogens is 2. The molecule has 0 bridgehead atoms. The molecule has 5 nitrogen and oxygen atoms in total. The lowest BCUT2D eigenvalue weighted by Gasteiger charge is -2.33. The summed E-state index contributed by atoms with van der Waals surface area (Å²) < 4.78 is 0. The van der Waals surface area contributed by atoms with E-state index >= 15 is 0 Å². The zero-order valence-corrected chi connectivity index (χ0v) is 11.0. The van der Waals surface area contributed by atoms with E-state index in [1.54, 1.807) is 4.90 Å². The lowest BCUT2D eigenvalue weighted by Crippen LogP contribution is -2.52. The van der Waals surface area contributed by atoms with E-state index in [2.05, 4.69) is 15.3 Å². The molecule has 2 rings (SSSR count). The number of amides is 1. The molecule has 0 unspecified atom stereocenters. The summed E-state index contributed by atoms with van der Waals surface area (Å²) >= 11 is 5.90. The molecule has 2 heterocycles. The third-order valence-electron chi connectivity index (χ3n) is 2.63. The van der Waals surface area contributed by atoms with E-state index in [0.717, 1.165) is 13.1 Å². The van der Waals surface area contributed by atoms with Crippen LogP contribution in [-0.4, -0.2) is 46.5 Å². The Morgan fingerprint density at radius 3 is 3.06 bits per heavy atom. The van der Waals surface area contributed by atoms with Gasteiger partial charge in [-0.05, 0) is 6.92 Å². The van der Waals surface area contributed by atoms with Crippen LogP contribution in [0.25, 0.3) is 0 Å². The van der Waals surface area contributed by atoms with Gasteiger partial charge in [0.05, 0.1) is 5.02 Å². The Balaban J connectivity index is 0.00000144. The number of nitrogens with one attached hydrogen (secondary N) is 1. The van der Waals surface area contributed by atoms with Gasteiger partial charge < -0.3 is 10.2 Å². The second-order valence-corrected chi connectivity index (χ2v) is 4.18. The molecule has 1 saturated heterocycles. The monoisotopic (exact) mass is 276 g/mol. The van der Waals surface area contributed by atoms with Gasteiger partial charge in [0.25, 0.3) is 5.91 Å². The standard InChI is InChI=1S/C10H13ClN4O.ClH/c1-7-4-12-2-3-15(7)10(16)9-8(11)5-13-6-14-9;/h5-7,12H,2-4H2,1H3;1H/t7-;/m1./s1. The second kappa shape index (κ2) is 6.14. The summed E-state index contributed by atoms with van der Waals surface area (Å²) in [5, 5.41) is 3.53. The van der Waals surface area contributed by atoms with E-state index in [-0.39, 0.29) is 30.0 Å². The zero-order valence-electron chi connectivity index (χ0n) is 9.39. The molecule has 1 aromatic heterocycles. The molecular weight excluding hydrogens is 263 g/mol. The summed E-state index contributed by atoms with van der Waals surface area (Å²) in [6.45, 7) is 4.28. The normalized spacial score (nSPS) is 19.6. The molecule has 1 aliphatic rings. The van der Waals surface area contributed by atoms with E-state index < -0.39 is 0 Å². The lowest BCUT2D eigenvalue weighted by atomic mass is 10.2. The smallest absolute Gasteiger partial charge is 0.274 e. The van der Waals surface area contributed by atoms with Gasteiger partial charge in [0.2, 0.25) is 0 Å². The SMILES string of the molecule is C[C@@H]1CNCCN1C(=O)c1ncncc1Cl.Cl. The van der Waals surface area contributed by atoms with Crippen LogP contribution in [0.4, 0.5) is 0 Å². The number of rotatable bonds is 1. The first-order valence-electron chi connectivity index (χ1n) is 5.17. The molecule has 1 fully saturated rings. The van der Waals surface area contributed by atoms with Gasteiger partial charge in [-0.15, -0.1) is 12.4 Å². The molecule has 1 aromatic rings. The maximum absolute atomic E-state index is 12.2. The topological polar surface area (TPSA) is 58.1 Å². The molecule has 0 aliphatic carbocycles. The fraction of sp³-hybridized carbons (Fsp3) is 0.500. The highest BCUT2D eigenvalue weighted by Crippen LogP contribution is 2.15. The third-order valence-corrected chi connectivity index (χ3v) is 2.91. The van der Waals surface area contributed by atoms with Crippen LogP contribution in [0.15, 0.2) is 12.5 Å². The van der Waals surface area contributed by atoms with Crippen LogP contribution in [0.5, 0.6) is 0 Å². The van der Waals surface area contributed by atoms with Crippen LogP contribution >= 0.6 is 24.0 Å². The number of carbonyl (C=O) groups is 1. The van der Waals surface area contributed by atoms with E-state index in [4.69, 9.17) is 11.6 Å². The minimum absolute atomic E-state index is 0. The van der Waals surface area contributed by atoms with Gasteiger partial charge in [0.15, 0.2) is 0 Å². The summed E-state index contributed by atoms with van der Waals surface area (Å²) in [6, 6.07) is 0.160. The molecule has 7 heteroatoms. The first-order valence-corrected chi connectivity index (χ1v) is 5.55. The highest BCUT2D eigenvalue weighted by atomic mass is 35.5. The molecule has 1 N–H and O–H groups in total. The largest absolute Gasteiger partial charge is 0.332 e. The van der Waals surface area contributed by atoms with Gasteiger partial charge in [-0.3, -0.25) is 4.79 Å². The van der Waals surface area contributed by atoms with Gasteiger partial charge in [0.1, 0.15) is 12.0 Å². The molecule has 94 valence electrons. The van der Waals surface area contributed by atoms with Crippen molar-refractivity contribution in [3.63, 3.8) is 0 Å². The predicted molar refractivity (Wildman–Crippen MR) is 67.7 cm³/mol. The molecule has 0 spiro atoms. The van der Waals surface area contributed by atoms with E-state index in [0.29, 0.717) is 11.6 Å². The average molecular weight is 277 g/mol. The Morgan fingerprint density at radius 1 is 1.65 bits per heavy atom. The number of piperazine rings is 1. The molecule has 0 aromatic carbocycles. The first-order chi connectivity index (χ1) is 7.70. The minimum Gasteiger partial charge on any atom is -0.332 e. The molecule has 1 atom stereocenters. The average Bonchev–Trinajstić information content (AvgIpc) is 2.29. The highest BCUT2D eigenvalue weighted by molar-refractivity contribution is 6.33. The molecule has 0 saturated carbocycles. The Morgan fingerprint density at radius 2 is 2.41 bits per heavy atom. The van der Waals surface area contributed by atoms with Crippen LogP contribution in [0.1, 0.15) is 17.4 Å². The maximum Gasteiger partial charge on any atom is 0.274 e. The maximum atomic E-state index is 12.2. The number of hydrogen-bond donors (Lipinski definition) is 1. The first kappa shape index (κ1) is 14.2. The number of carbonyl (C=O) groups excluding carboxylic acids is 1. The Labute approximate surface area is 111 Å². The van der Waals surface area contributed by atoms with Crippen molar-refractivity contribution >= 4 is 29.9 Å². The predicted octanol–water partition coefficient (Wildman–Crippen LogP) is 0.986.